The van der Waals surface area contributed by atoms with Gasteiger partial charge in [-0.15, -0.1) is 0 Å². The zero-order valence-corrected chi connectivity index (χ0v) is 12.6. The Bertz CT molecular complexity index is 379. The second-order valence-corrected chi connectivity index (χ2v) is 7.59. The van der Waals surface area contributed by atoms with Crippen molar-refractivity contribution in [2.75, 3.05) is 52.9 Å². The fourth-order valence-corrected chi connectivity index (χ4v) is 4.60. The molecule has 2 rings (SSSR count). The van der Waals surface area contributed by atoms with E-state index in [1.54, 1.807) is 8.61 Å². The maximum absolute atomic E-state index is 12.7. The van der Waals surface area contributed by atoms with Gasteiger partial charge in [-0.2, -0.15) is 17.0 Å². The third kappa shape index (κ3) is 3.66. The van der Waals surface area contributed by atoms with Gasteiger partial charge >= 0.3 is 0 Å². The van der Waals surface area contributed by atoms with E-state index < -0.39 is 10.2 Å². The Morgan fingerprint density at radius 3 is 2.53 bits per heavy atom. The average molecular weight is 290 g/mol. The van der Waals surface area contributed by atoms with Gasteiger partial charge in [0.25, 0.3) is 10.2 Å². The first kappa shape index (κ1) is 15.2. The molecule has 6 nitrogen and oxygen atoms in total. The standard InChI is InChI=1S/C12H26N4O2S/c1-14-5-3-7-15(9-8-14)19(17,18)16-6-2-4-12(10-13)11-16/h12H,2-11,13H2,1H3. The molecular weight excluding hydrogens is 264 g/mol. The molecule has 2 saturated heterocycles. The second-order valence-electron chi connectivity index (χ2n) is 5.67. The Morgan fingerprint density at radius 2 is 1.79 bits per heavy atom. The van der Waals surface area contributed by atoms with Crippen LogP contribution in [-0.2, 0) is 10.2 Å². The zero-order valence-electron chi connectivity index (χ0n) is 11.8. The van der Waals surface area contributed by atoms with Gasteiger partial charge < -0.3 is 10.6 Å². The van der Waals surface area contributed by atoms with Gasteiger partial charge in [-0.1, -0.05) is 0 Å². The minimum Gasteiger partial charge on any atom is -0.330 e. The zero-order chi connectivity index (χ0) is 13.9. The molecule has 2 N–H and O–H groups in total. The minimum absolute atomic E-state index is 0.318. The monoisotopic (exact) mass is 290 g/mol. The second kappa shape index (κ2) is 6.49. The van der Waals surface area contributed by atoms with Crippen molar-refractivity contribution in [1.82, 2.24) is 13.5 Å². The molecule has 2 fully saturated rings. The van der Waals surface area contributed by atoms with Gasteiger partial charge in [-0.25, -0.2) is 0 Å². The van der Waals surface area contributed by atoms with Crippen LogP contribution in [0.1, 0.15) is 19.3 Å². The summed E-state index contributed by atoms with van der Waals surface area (Å²) in [6.45, 7) is 4.83. The molecule has 1 unspecified atom stereocenters. The number of piperidine rings is 1. The van der Waals surface area contributed by atoms with Crippen molar-refractivity contribution in [2.45, 2.75) is 19.3 Å². The van der Waals surface area contributed by atoms with Gasteiger partial charge in [-0.3, -0.25) is 0 Å². The van der Waals surface area contributed by atoms with Crippen LogP contribution < -0.4 is 5.73 Å². The summed E-state index contributed by atoms with van der Waals surface area (Å²) < 4.78 is 28.6. The van der Waals surface area contributed by atoms with E-state index in [0.29, 0.717) is 38.6 Å². The predicted octanol–water partition coefficient (Wildman–Crippen LogP) is -0.461. The van der Waals surface area contributed by atoms with Gasteiger partial charge in [0.15, 0.2) is 0 Å². The fraction of sp³-hybridized carbons (Fsp3) is 1.00. The first-order valence-corrected chi connectivity index (χ1v) is 8.57. The largest absolute Gasteiger partial charge is 0.330 e. The van der Waals surface area contributed by atoms with Gasteiger partial charge in [-0.05, 0) is 45.3 Å². The van der Waals surface area contributed by atoms with Crippen LogP contribution in [0, 0.1) is 5.92 Å². The number of hydrogen-bond donors (Lipinski definition) is 1. The van der Waals surface area contributed by atoms with Crippen LogP contribution >= 0.6 is 0 Å². The first-order chi connectivity index (χ1) is 9.04. The quantitative estimate of drug-likeness (QED) is 0.763. The molecule has 2 heterocycles. The van der Waals surface area contributed by atoms with E-state index in [0.717, 1.165) is 32.4 Å². The van der Waals surface area contributed by atoms with Crippen LogP contribution in [0.4, 0.5) is 0 Å². The number of rotatable bonds is 3. The molecule has 0 radical (unpaired) electrons. The minimum atomic E-state index is -3.29. The number of nitrogens with two attached hydrogens (primary N) is 1. The van der Waals surface area contributed by atoms with Crippen molar-refractivity contribution in [2.24, 2.45) is 11.7 Å². The van der Waals surface area contributed by atoms with Crippen LogP contribution in [0.2, 0.25) is 0 Å². The summed E-state index contributed by atoms with van der Waals surface area (Å²) in [5, 5.41) is 0. The molecular formula is C12H26N4O2S. The first-order valence-electron chi connectivity index (χ1n) is 7.18. The maximum Gasteiger partial charge on any atom is 0.282 e. The fourth-order valence-electron chi connectivity index (χ4n) is 2.85. The third-order valence-corrected chi connectivity index (χ3v) is 6.15. The molecule has 0 aliphatic carbocycles. The molecule has 0 spiro atoms. The summed E-state index contributed by atoms with van der Waals surface area (Å²) in [4.78, 5) is 2.19. The molecule has 0 aromatic rings. The van der Waals surface area contributed by atoms with E-state index in [-0.39, 0.29) is 0 Å². The van der Waals surface area contributed by atoms with Gasteiger partial charge in [0.1, 0.15) is 0 Å². The third-order valence-electron chi connectivity index (χ3n) is 4.15. The summed E-state index contributed by atoms with van der Waals surface area (Å²) in [6, 6.07) is 0. The summed E-state index contributed by atoms with van der Waals surface area (Å²) >= 11 is 0. The van der Waals surface area contributed by atoms with E-state index in [4.69, 9.17) is 5.73 Å². The molecule has 0 saturated carbocycles. The van der Waals surface area contributed by atoms with Crippen molar-refractivity contribution in [3.8, 4) is 0 Å². The lowest BCUT2D eigenvalue weighted by molar-refractivity contribution is 0.250. The lowest BCUT2D eigenvalue weighted by atomic mass is 10.0. The van der Waals surface area contributed by atoms with E-state index in [1.807, 2.05) is 7.05 Å². The molecule has 0 aromatic carbocycles. The molecule has 2 aliphatic rings. The Balaban J connectivity index is 2.04. The molecule has 0 bridgehead atoms. The van der Waals surface area contributed by atoms with Crippen LogP contribution in [-0.4, -0.2) is 74.8 Å². The van der Waals surface area contributed by atoms with E-state index in [2.05, 4.69) is 4.90 Å². The molecule has 7 heteroatoms. The van der Waals surface area contributed by atoms with Crippen LogP contribution in [0.5, 0.6) is 0 Å². The van der Waals surface area contributed by atoms with Crippen LogP contribution in [0.25, 0.3) is 0 Å². The smallest absolute Gasteiger partial charge is 0.282 e. The summed E-state index contributed by atoms with van der Waals surface area (Å²) in [6.07, 6.45) is 2.88. The molecule has 0 aromatic heterocycles. The van der Waals surface area contributed by atoms with Crippen LogP contribution in [0.3, 0.4) is 0 Å². The lowest BCUT2D eigenvalue weighted by Crippen LogP contribution is -2.49. The van der Waals surface area contributed by atoms with Crippen molar-refractivity contribution in [3.63, 3.8) is 0 Å². The normalized spacial score (nSPS) is 29.3. The van der Waals surface area contributed by atoms with Gasteiger partial charge in [0.2, 0.25) is 0 Å². The topological polar surface area (TPSA) is 69.9 Å². The van der Waals surface area contributed by atoms with E-state index in [1.165, 1.54) is 0 Å². The average Bonchev–Trinajstić information content (AvgIpc) is 2.64. The van der Waals surface area contributed by atoms with Crippen molar-refractivity contribution >= 4 is 10.2 Å². The Labute approximate surface area is 116 Å². The molecule has 2 aliphatic heterocycles. The van der Waals surface area contributed by atoms with Crippen molar-refractivity contribution in [3.05, 3.63) is 0 Å². The summed E-state index contributed by atoms with van der Waals surface area (Å²) in [7, 11) is -1.25. The summed E-state index contributed by atoms with van der Waals surface area (Å²) in [5.41, 5.74) is 5.69. The molecule has 112 valence electrons. The number of nitrogens with zero attached hydrogens (tertiary/aromatic N) is 3. The maximum atomic E-state index is 12.7. The highest BCUT2D eigenvalue weighted by atomic mass is 32.2. The predicted molar refractivity (Wildman–Crippen MR) is 76.0 cm³/mol. The van der Waals surface area contributed by atoms with Crippen molar-refractivity contribution < 1.29 is 8.42 Å². The van der Waals surface area contributed by atoms with Crippen molar-refractivity contribution in [1.29, 1.82) is 0 Å². The van der Waals surface area contributed by atoms with E-state index >= 15 is 0 Å². The van der Waals surface area contributed by atoms with Crippen LogP contribution in [0.15, 0.2) is 0 Å². The Kier molecular flexibility index (Phi) is 5.19. The SMILES string of the molecule is CN1CCCN(S(=O)(=O)N2CCCC(CN)C2)CC1. The van der Waals surface area contributed by atoms with Gasteiger partial charge in [0.05, 0.1) is 0 Å². The number of hydrogen-bond acceptors (Lipinski definition) is 4. The highest BCUT2D eigenvalue weighted by molar-refractivity contribution is 7.86. The Morgan fingerprint density at radius 1 is 1.05 bits per heavy atom. The molecule has 1 atom stereocenters. The number of likely N-dealkylation sites (N-methyl/N-ethyl adjacent to an activating group) is 1. The van der Waals surface area contributed by atoms with E-state index in [9.17, 15) is 8.42 Å². The lowest BCUT2D eigenvalue weighted by Gasteiger charge is -2.34. The molecule has 0 amide bonds. The summed E-state index contributed by atoms with van der Waals surface area (Å²) in [5.74, 6) is 0.318. The Hall–Kier alpha value is -0.210. The highest BCUT2D eigenvalue weighted by Gasteiger charge is 2.33. The molecule has 19 heavy (non-hydrogen) atoms. The van der Waals surface area contributed by atoms with Gasteiger partial charge in [0, 0.05) is 32.7 Å². The highest BCUT2D eigenvalue weighted by Crippen LogP contribution is 2.21.